The van der Waals surface area contributed by atoms with E-state index in [1.54, 1.807) is 5.38 Å². The first-order chi connectivity index (χ1) is 12.9. The van der Waals surface area contributed by atoms with Gasteiger partial charge in [-0.05, 0) is 25.5 Å². The number of thiazole rings is 1. The zero-order valence-electron chi connectivity index (χ0n) is 14.9. The molecule has 27 heavy (non-hydrogen) atoms. The molecule has 1 aromatic heterocycles. The third-order valence-electron chi connectivity index (χ3n) is 3.89. The molecule has 8 heteroatoms. The summed E-state index contributed by atoms with van der Waals surface area (Å²) in [5.41, 5.74) is 3.47. The highest BCUT2D eigenvalue weighted by Crippen LogP contribution is 2.19. The molecule has 138 valence electrons. The van der Waals surface area contributed by atoms with Gasteiger partial charge in [0.25, 0.3) is 5.91 Å². The number of aromatic nitrogens is 1. The number of benzene rings is 1. The zero-order chi connectivity index (χ0) is 19.4. The molecule has 3 rings (SSSR count). The fraction of sp³-hybridized carbons (Fsp3) is 0.211. The maximum absolute atomic E-state index is 12.2. The van der Waals surface area contributed by atoms with E-state index in [1.807, 2.05) is 32.0 Å². The first kappa shape index (κ1) is 18.7. The SMILES string of the molecule is Cc1ccc(NC(=O)Cc2csc(NC(=O)C3C=CC(=O)N=C3)n2)c(C)c1. The highest BCUT2D eigenvalue weighted by Gasteiger charge is 2.18. The molecular weight excluding hydrogens is 364 g/mol. The number of carbonyl (C=O) groups is 3. The van der Waals surface area contributed by atoms with Crippen LogP contribution >= 0.6 is 11.3 Å². The molecule has 1 aliphatic rings. The number of hydrogen-bond donors (Lipinski definition) is 2. The number of aryl methyl sites for hydroxylation is 2. The Labute approximate surface area is 160 Å². The highest BCUT2D eigenvalue weighted by molar-refractivity contribution is 7.14. The molecule has 2 heterocycles. The summed E-state index contributed by atoms with van der Waals surface area (Å²) in [6.45, 7) is 3.94. The fourth-order valence-electron chi connectivity index (χ4n) is 2.53. The number of carbonyl (C=O) groups excluding carboxylic acids is 3. The third kappa shape index (κ3) is 4.95. The quantitative estimate of drug-likeness (QED) is 0.830. The van der Waals surface area contributed by atoms with Gasteiger partial charge in [-0.3, -0.25) is 14.4 Å². The van der Waals surface area contributed by atoms with Crippen molar-refractivity contribution in [2.24, 2.45) is 10.9 Å². The van der Waals surface area contributed by atoms with Gasteiger partial charge in [-0.1, -0.05) is 23.8 Å². The van der Waals surface area contributed by atoms with Gasteiger partial charge >= 0.3 is 0 Å². The summed E-state index contributed by atoms with van der Waals surface area (Å²) in [5.74, 6) is -1.50. The van der Waals surface area contributed by atoms with Gasteiger partial charge in [-0.25, -0.2) is 9.98 Å². The number of hydrogen-bond acceptors (Lipinski definition) is 5. The van der Waals surface area contributed by atoms with Crippen molar-refractivity contribution >= 4 is 46.1 Å². The lowest BCUT2D eigenvalue weighted by Crippen LogP contribution is -2.24. The van der Waals surface area contributed by atoms with Crippen molar-refractivity contribution in [3.8, 4) is 0 Å². The summed E-state index contributed by atoms with van der Waals surface area (Å²) in [4.78, 5) is 43.2. The molecule has 1 unspecified atom stereocenters. The van der Waals surface area contributed by atoms with Crippen molar-refractivity contribution in [3.63, 3.8) is 0 Å². The van der Waals surface area contributed by atoms with E-state index in [2.05, 4.69) is 20.6 Å². The maximum atomic E-state index is 12.2. The number of nitrogens with zero attached hydrogens (tertiary/aromatic N) is 2. The standard InChI is InChI=1S/C19H18N4O3S/c1-11-3-5-15(12(2)7-11)22-17(25)8-14-10-27-19(21-14)23-18(26)13-4-6-16(24)20-9-13/h3-7,9-10,13H,8H2,1-2H3,(H,22,25)(H,21,23,26). The van der Waals surface area contributed by atoms with E-state index in [0.29, 0.717) is 10.8 Å². The molecule has 1 atom stereocenters. The highest BCUT2D eigenvalue weighted by atomic mass is 32.1. The van der Waals surface area contributed by atoms with Crippen LogP contribution in [0.15, 0.2) is 40.7 Å². The molecule has 0 spiro atoms. The third-order valence-corrected chi connectivity index (χ3v) is 4.70. The van der Waals surface area contributed by atoms with Gasteiger partial charge < -0.3 is 10.6 Å². The second-order valence-corrected chi connectivity index (χ2v) is 7.04. The fourth-order valence-corrected chi connectivity index (χ4v) is 3.25. The second-order valence-electron chi connectivity index (χ2n) is 6.18. The van der Waals surface area contributed by atoms with Gasteiger partial charge in [0.05, 0.1) is 18.0 Å². The van der Waals surface area contributed by atoms with E-state index in [0.717, 1.165) is 16.8 Å². The minimum absolute atomic E-state index is 0.110. The lowest BCUT2D eigenvalue weighted by atomic mass is 10.1. The van der Waals surface area contributed by atoms with Crippen LogP contribution < -0.4 is 10.6 Å². The van der Waals surface area contributed by atoms with Crippen molar-refractivity contribution in [1.29, 1.82) is 0 Å². The van der Waals surface area contributed by atoms with Gasteiger partial charge in [0.1, 0.15) is 0 Å². The van der Waals surface area contributed by atoms with Crippen molar-refractivity contribution in [2.45, 2.75) is 20.3 Å². The van der Waals surface area contributed by atoms with Crippen LogP contribution in [0, 0.1) is 19.8 Å². The minimum Gasteiger partial charge on any atom is -0.326 e. The molecule has 0 saturated carbocycles. The van der Waals surface area contributed by atoms with Gasteiger partial charge in [0.15, 0.2) is 5.13 Å². The van der Waals surface area contributed by atoms with Gasteiger partial charge in [0.2, 0.25) is 11.8 Å². The summed E-state index contributed by atoms with van der Waals surface area (Å²) in [5, 5.41) is 7.66. The predicted molar refractivity (Wildman–Crippen MR) is 105 cm³/mol. The van der Waals surface area contributed by atoms with Crippen LogP contribution in [-0.4, -0.2) is 28.9 Å². The molecule has 3 amide bonds. The van der Waals surface area contributed by atoms with E-state index < -0.39 is 5.92 Å². The first-order valence-corrected chi connectivity index (χ1v) is 9.17. The molecule has 1 aromatic carbocycles. The van der Waals surface area contributed by atoms with E-state index >= 15 is 0 Å². The molecule has 1 aliphatic heterocycles. The summed E-state index contributed by atoms with van der Waals surface area (Å²) < 4.78 is 0. The number of dihydropyridines is 1. The lowest BCUT2D eigenvalue weighted by molar-refractivity contribution is -0.117. The molecule has 2 aromatic rings. The van der Waals surface area contributed by atoms with Crippen LogP contribution in [0.5, 0.6) is 0 Å². The molecule has 0 radical (unpaired) electrons. The average molecular weight is 382 g/mol. The van der Waals surface area contributed by atoms with Crippen LogP contribution in [0.1, 0.15) is 16.8 Å². The van der Waals surface area contributed by atoms with Gasteiger partial charge in [-0.2, -0.15) is 0 Å². The topological polar surface area (TPSA) is 101 Å². The first-order valence-electron chi connectivity index (χ1n) is 8.29. The number of amides is 3. The van der Waals surface area contributed by atoms with Crippen LogP contribution in [0.2, 0.25) is 0 Å². The molecule has 0 aliphatic carbocycles. The van der Waals surface area contributed by atoms with E-state index in [1.165, 1.54) is 29.7 Å². The van der Waals surface area contributed by atoms with Crippen LogP contribution in [-0.2, 0) is 20.8 Å². The Hall–Kier alpha value is -3.13. The predicted octanol–water partition coefficient (Wildman–Crippen LogP) is 2.66. The molecule has 7 nitrogen and oxygen atoms in total. The summed E-state index contributed by atoms with van der Waals surface area (Å²) in [6.07, 6.45) is 4.15. The van der Waals surface area contributed by atoms with E-state index in [-0.39, 0.29) is 24.1 Å². The lowest BCUT2D eigenvalue weighted by Gasteiger charge is -2.09. The monoisotopic (exact) mass is 382 g/mol. The van der Waals surface area contributed by atoms with Gasteiger partial charge in [0, 0.05) is 23.4 Å². The Morgan fingerprint density at radius 3 is 2.74 bits per heavy atom. The number of anilines is 2. The zero-order valence-corrected chi connectivity index (χ0v) is 15.7. The molecule has 2 N–H and O–H groups in total. The molecule has 0 fully saturated rings. The van der Waals surface area contributed by atoms with Crippen LogP contribution in [0.25, 0.3) is 0 Å². The number of aliphatic imine (C=N–C) groups is 1. The smallest absolute Gasteiger partial charge is 0.269 e. The maximum Gasteiger partial charge on any atom is 0.269 e. The Balaban J connectivity index is 1.56. The van der Waals surface area contributed by atoms with Crippen molar-refractivity contribution < 1.29 is 14.4 Å². The van der Waals surface area contributed by atoms with Crippen LogP contribution in [0.4, 0.5) is 10.8 Å². The Kier molecular flexibility index (Phi) is 5.56. The van der Waals surface area contributed by atoms with E-state index in [4.69, 9.17) is 0 Å². The Bertz CT molecular complexity index is 946. The van der Waals surface area contributed by atoms with Gasteiger partial charge in [-0.15, -0.1) is 11.3 Å². The average Bonchev–Trinajstić information content (AvgIpc) is 3.04. The van der Waals surface area contributed by atoms with Crippen molar-refractivity contribution in [2.75, 3.05) is 10.6 Å². The summed E-state index contributed by atoms with van der Waals surface area (Å²) >= 11 is 1.24. The largest absolute Gasteiger partial charge is 0.326 e. The number of nitrogens with one attached hydrogen (secondary N) is 2. The Morgan fingerprint density at radius 1 is 1.22 bits per heavy atom. The molecular formula is C19H18N4O3S. The molecule has 0 bridgehead atoms. The summed E-state index contributed by atoms with van der Waals surface area (Å²) in [6, 6.07) is 5.82. The van der Waals surface area contributed by atoms with E-state index in [9.17, 15) is 14.4 Å². The second kappa shape index (κ2) is 8.05. The van der Waals surface area contributed by atoms with Crippen molar-refractivity contribution in [1.82, 2.24) is 4.98 Å². The van der Waals surface area contributed by atoms with Crippen molar-refractivity contribution in [3.05, 3.63) is 52.6 Å². The number of rotatable bonds is 5. The van der Waals surface area contributed by atoms with Crippen LogP contribution in [0.3, 0.4) is 0 Å². The summed E-state index contributed by atoms with van der Waals surface area (Å²) in [7, 11) is 0. The normalized spacial score (nSPS) is 15.6. The Morgan fingerprint density at radius 2 is 2.04 bits per heavy atom. The minimum atomic E-state index is -0.608. The molecule has 0 saturated heterocycles.